The zero-order valence-electron chi connectivity index (χ0n) is 19.4. The summed E-state index contributed by atoms with van der Waals surface area (Å²) in [5.41, 5.74) is 0.161. The lowest BCUT2D eigenvalue weighted by Crippen LogP contribution is -2.33. The Balaban J connectivity index is 0.000000204. The van der Waals surface area contributed by atoms with Crippen LogP contribution in [-0.4, -0.2) is 53.8 Å². The third kappa shape index (κ3) is 6.09. The van der Waals surface area contributed by atoms with Crippen molar-refractivity contribution in [2.75, 3.05) is 32.1 Å². The van der Waals surface area contributed by atoms with Crippen molar-refractivity contribution in [2.24, 2.45) is 11.8 Å². The number of rotatable bonds is 3. The Hall–Kier alpha value is -2.59. The summed E-state index contributed by atoms with van der Waals surface area (Å²) in [6.45, 7) is 3.33. The minimum atomic E-state index is -4.32. The Morgan fingerprint density at radius 2 is 1.88 bits per heavy atom. The van der Waals surface area contributed by atoms with Crippen molar-refractivity contribution in [3.8, 4) is 0 Å². The van der Waals surface area contributed by atoms with Crippen LogP contribution in [0.4, 0.5) is 23.7 Å². The van der Waals surface area contributed by atoms with Gasteiger partial charge in [0.05, 0.1) is 23.6 Å². The smallest absolute Gasteiger partial charge is 0.322 e. The summed E-state index contributed by atoms with van der Waals surface area (Å²) in [4.78, 5) is 27.1. The summed E-state index contributed by atoms with van der Waals surface area (Å²) in [6.07, 6.45) is 2.63. The van der Waals surface area contributed by atoms with Crippen LogP contribution < -0.4 is 10.2 Å². The van der Waals surface area contributed by atoms with Gasteiger partial charge in [-0.2, -0.15) is 23.0 Å². The van der Waals surface area contributed by atoms with Crippen molar-refractivity contribution in [3.05, 3.63) is 46.7 Å². The molecule has 0 bridgehead atoms. The second-order valence-electron chi connectivity index (χ2n) is 8.69. The Morgan fingerprint density at radius 1 is 1.24 bits per heavy atom. The molecule has 7 nitrogen and oxygen atoms in total. The van der Waals surface area contributed by atoms with Gasteiger partial charge in [-0.1, -0.05) is 18.0 Å². The Morgan fingerprint density at radius 3 is 2.44 bits per heavy atom. The van der Waals surface area contributed by atoms with Gasteiger partial charge in [-0.3, -0.25) is 4.79 Å². The zero-order valence-corrected chi connectivity index (χ0v) is 20.2. The number of likely N-dealkylation sites (tertiary alicyclic amines) is 1. The van der Waals surface area contributed by atoms with Crippen LogP contribution in [0.3, 0.4) is 0 Å². The van der Waals surface area contributed by atoms with Crippen molar-refractivity contribution in [1.29, 1.82) is 0 Å². The SMILES string of the molecule is CC(=O)N(C)c1cnn(C(=O)N2CC3CCCC3C2)c1.CNCc1cc(Cl)ccc1C(F)(F)F. The molecule has 34 heavy (non-hydrogen) atoms. The number of hydrogen-bond acceptors (Lipinski definition) is 4. The molecule has 1 aliphatic heterocycles. The van der Waals surface area contributed by atoms with Crippen LogP contribution >= 0.6 is 11.6 Å². The highest BCUT2D eigenvalue weighted by Crippen LogP contribution is 2.38. The molecule has 2 fully saturated rings. The van der Waals surface area contributed by atoms with Gasteiger partial charge in [0.25, 0.3) is 0 Å². The summed E-state index contributed by atoms with van der Waals surface area (Å²) < 4.78 is 38.6. The van der Waals surface area contributed by atoms with E-state index in [1.807, 2.05) is 4.90 Å². The van der Waals surface area contributed by atoms with Gasteiger partial charge in [0, 0.05) is 38.6 Å². The lowest BCUT2D eigenvalue weighted by atomic mass is 10.0. The summed E-state index contributed by atoms with van der Waals surface area (Å²) in [5.74, 6) is 1.27. The number of benzene rings is 1. The molecule has 2 aromatic rings. The topological polar surface area (TPSA) is 70.5 Å². The molecule has 2 amide bonds. The van der Waals surface area contributed by atoms with Gasteiger partial charge in [-0.05, 0) is 55.5 Å². The quantitative estimate of drug-likeness (QED) is 0.667. The van der Waals surface area contributed by atoms with E-state index in [4.69, 9.17) is 11.6 Å². The fraction of sp³-hybridized carbons (Fsp3) is 0.522. The number of nitrogens with zero attached hydrogens (tertiary/aromatic N) is 4. The van der Waals surface area contributed by atoms with Crippen LogP contribution in [-0.2, 0) is 17.5 Å². The molecule has 1 N–H and O–H groups in total. The van der Waals surface area contributed by atoms with Crippen molar-refractivity contribution >= 4 is 29.2 Å². The molecular formula is C23H29ClF3N5O2. The highest BCUT2D eigenvalue weighted by Gasteiger charge is 2.38. The average molecular weight is 500 g/mol. The number of carbonyl (C=O) groups is 2. The molecule has 1 aromatic heterocycles. The van der Waals surface area contributed by atoms with Gasteiger partial charge in [0.15, 0.2) is 0 Å². The van der Waals surface area contributed by atoms with E-state index < -0.39 is 11.7 Å². The maximum atomic E-state index is 12.4. The second-order valence-corrected chi connectivity index (χ2v) is 9.13. The Labute approximate surface area is 201 Å². The third-order valence-corrected chi connectivity index (χ3v) is 6.60. The van der Waals surface area contributed by atoms with E-state index in [1.54, 1.807) is 26.5 Å². The van der Waals surface area contributed by atoms with E-state index in [2.05, 4.69) is 10.4 Å². The molecular weight excluding hydrogens is 471 g/mol. The molecule has 2 unspecified atom stereocenters. The molecule has 2 aliphatic rings. The minimum Gasteiger partial charge on any atom is -0.322 e. The minimum absolute atomic E-state index is 0.0762. The summed E-state index contributed by atoms with van der Waals surface area (Å²) in [5, 5.41) is 7.06. The number of alkyl halides is 3. The highest BCUT2D eigenvalue weighted by atomic mass is 35.5. The molecule has 1 aliphatic carbocycles. The number of aromatic nitrogens is 2. The van der Waals surface area contributed by atoms with Crippen molar-refractivity contribution in [3.63, 3.8) is 0 Å². The van der Waals surface area contributed by atoms with Gasteiger partial charge < -0.3 is 15.1 Å². The van der Waals surface area contributed by atoms with E-state index >= 15 is 0 Å². The molecule has 0 spiro atoms. The molecule has 4 rings (SSSR count). The van der Waals surface area contributed by atoms with Crippen LogP contribution in [0.5, 0.6) is 0 Å². The van der Waals surface area contributed by atoms with Crippen molar-refractivity contribution < 1.29 is 22.8 Å². The largest absolute Gasteiger partial charge is 0.416 e. The third-order valence-electron chi connectivity index (χ3n) is 6.36. The first-order valence-corrected chi connectivity index (χ1v) is 11.5. The monoisotopic (exact) mass is 499 g/mol. The highest BCUT2D eigenvalue weighted by molar-refractivity contribution is 6.30. The number of carbonyl (C=O) groups excluding carboxylic acids is 2. The first kappa shape index (κ1) is 26.0. The number of amides is 2. The van der Waals surface area contributed by atoms with Crippen molar-refractivity contribution in [1.82, 2.24) is 20.0 Å². The summed E-state index contributed by atoms with van der Waals surface area (Å²) >= 11 is 5.61. The van der Waals surface area contributed by atoms with Crippen LogP contribution in [0, 0.1) is 11.8 Å². The summed E-state index contributed by atoms with van der Waals surface area (Å²) in [7, 11) is 3.26. The number of halogens is 4. The van der Waals surface area contributed by atoms with Gasteiger partial charge in [0.2, 0.25) is 5.91 Å². The van der Waals surface area contributed by atoms with Crippen molar-refractivity contribution in [2.45, 2.75) is 38.9 Å². The molecule has 186 valence electrons. The maximum Gasteiger partial charge on any atom is 0.416 e. The first-order chi connectivity index (χ1) is 16.0. The zero-order chi connectivity index (χ0) is 25.0. The molecule has 1 aromatic carbocycles. The normalized spacial score (nSPS) is 19.4. The molecule has 1 saturated heterocycles. The number of hydrogen-bond donors (Lipinski definition) is 1. The standard InChI is InChI=1S/C14H20N4O2.C9H9ClF3N/c1-10(19)16(2)13-6-15-18(9-13)14(20)17-7-11-4-3-5-12(11)8-17;1-14-5-6-4-7(10)2-3-8(6)9(11,12)13/h6,9,11-12H,3-5,7-8H2,1-2H3;2-4,14H,5H2,1H3. The predicted octanol–water partition coefficient (Wildman–Crippen LogP) is 4.64. The van der Waals surface area contributed by atoms with Crippen LogP contribution in [0.15, 0.2) is 30.6 Å². The van der Waals surface area contributed by atoms with Crippen LogP contribution in [0.2, 0.25) is 5.02 Å². The number of nitrogens with one attached hydrogen (secondary N) is 1. The fourth-order valence-corrected chi connectivity index (χ4v) is 4.68. The second kappa shape index (κ2) is 10.8. The van der Waals surface area contributed by atoms with Crippen LogP contribution in [0.25, 0.3) is 0 Å². The lowest BCUT2D eigenvalue weighted by molar-refractivity contribution is -0.138. The predicted molar refractivity (Wildman–Crippen MR) is 124 cm³/mol. The summed E-state index contributed by atoms with van der Waals surface area (Å²) in [6, 6.07) is 3.47. The van der Waals surface area contributed by atoms with Gasteiger partial charge >= 0.3 is 12.2 Å². The van der Waals surface area contributed by atoms with E-state index in [0.717, 1.165) is 19.2 Å². The Kier molecular flexibility index (Phi) is 8.25. The van der Waals surface area contributed by atoms with Gasteiger partial charge in [0.1, 0.15) is 0 Å². The number of fused-ring (bicyclic) bond motifs is 1. The van der Waals surface area contributed by atoms with E-state index in [-0.39, 0.29) is 24.0 Å². The average Bonchev–Trinajstić information content (AvgIpc) is 3.49. The van der Waals surface area contributed by atoms with Crippen LogP contribution in [0.1, 0.15) is 37.3 Å². The molecule has 2 atom stereocenters. The molecule has 11 heteroatoms. The number of anilines is 1. The Bertz CT molecular complexity index is 1010. The van der Waals surface area contributed by atoms with Gasteiger partial charge in [-0.15, -0.1) is 0 Å². The van der Waals surface area contributed by atoms with E-state index in [9.17, 15) is 22.8 Å². The molecule has 1 saturated carbocycles. The molecule has 2 heterocycles. The van der Waals surface area contributed by atoms with E-state index in [0.29, 0.717) is 22.5 Å². The lowest BCUT2D eigenvalue weighted by Gasteiger charge is -2.16. The maximum absolute atomic E-state index is 12.4. The molecule has 0 radical (unpaired) electrons. The van der Waals surface area contributed by atoms with Gasteiger partial charge in [-0.25, -0.2) is 4.79 Å². The first-order valence-electron chi connectivity index (χ1n) is 11.1. The van der Waals surface area contributed by atoms with E-state index in [1.165, 1.54) is 47.9 Å². The fourth-order valence-electron chi connectivity index (χ4n) is 4.48.